The smallest absolute Gasteiger partial charge is 0.0192 e. The largest absolute Gasteiger partial charge is 0.305 e. The van der Waals surface area contributed by atoms with Crippen LogP contribution in [0.2, 0.25) is 0 Å². The first-order chi connectivity index (χ1) is 13.1. The molecule has 2 aromatic carbocycles. The van der Waals surface area contributed by atoms with Crippen molar-refractivity contribution >= 4 is 0 Å². The Hall–Kier alpha value is -2.61. The summed E-state index contributed by atoms with van der Waals surface area (Å²) in [5, 5.41) is 0. The Morgan fingerprint density at radius 2 is 1.50 bits per heavy atom. The van der Waals surface area contributed by atoms with Crippen molar-refractivity contribution in [2.45, 2.75) is 20.8 Å². The molecule has 0 aliphatic carbocycles. The van der Waals surface area contributed by atoms with E-state index in [0.717, 1.165) is 22.5 Å². The summed E-state index contributed by atoms with van der Waals surface area (Å²) in [5.74, 6) is 0. The van der Waals surface area contributed by atoms with Crippen molar-refractivity contribution < 1.29 is 20.1 Å². The van der Waals surface area contributed by atoms with Crippen LogP contribution in [0.15, 0.2) is 79.1 Å². The third-order valence-electron chi connectivity index (χ3n) is 4.27. The number of benzene rings is 2. The molecule has 2 nitrogen and oxygen atoms in total. The zero-order chi connectivity index (χ0) is 19.1. The van der Waals surface area contributed by atoms with Gasteiger partial charge in [-0.1, -0.05) is 30.7 Å². The molecule has 0 fully saturated rings. The Kier molecular flexibility index (Phi) is 8.25. The summed E-state index contributed by atoms with van der Waals surface area (Å²) < 4.78 is 0. The molecule has 4 aromatic rings. The van der Waals surface area contributed by atoms with E-state index in [1.165, 1.54) is 16.7 Å². The molecule has 0 atom stereocenters. The van der Waals surface area contributed by atoms with Gasteiger partial charge in [0.15, 0.2) is 0 Å². The van der Waals surface area contributed by atoms with Crippen molar-refractivity contribution in [1.82, 2.24) is 9.97 Å². The number of rotatable bonds is 2. The minimum Gasteiger partial charge on any atom is -0.305 e. The summed E-state index contributed by atoms with van der Waals surface area (Å²) in [4.78, 5) is 8.63. The fourth-order valence-corrected chi connectivity index (χ4v) is 2.51. The minimum atomic E-state index is 0. The van der Waals surface area contributed by atoms with Crippen LogP contribution in [-0.4, -0.2) is 9.97 Å². The van der Waals surface area contributed by atoms with Crippen LogP contribution in [0.4, 0.5) is 0 Å². The second kappa shape index (κ2) is 10.7. The molecular weight excluding hydrogens is 521 g/mol. The van der Waals surface area contributed by atoms with Crippen molar-refractivity contribution in [3.8, 4) is 22.5 Å². The van der Waals surface area contributed by atoms with E-state index < -0.39 is 0 Å². The van der Waals surface area contributed by atoms with Gasteiger partial charge in [0, 0.05) is 32.5 Å². The first-order valence-electron chi connectivity index (χ1n) is 8.93. The maximum Gasteiger partial charge on any atom is 0.0192 e. The molecular formula is C25H22IrN2-2. The van der Waals surface area contributed by atoms with E-state index in [2.05, 4.69) is 61.1 Å². The van der Waals surface area contributed by atoms with E-state index in [9.17, 15) is 0 Å². The fraction of sp³-hybridized carbons (Fsp3) is 0.120. The average Bonchev–Trinajstić information content (AvgIpc) is 2.72. The fourth-order valence-electron chi connectivity index (χ4n) is 2.51. The van der Waals surface area contributed by atoms with Crippen LogP contribution in [0.1, 0.15) is 16.7 Å². The van der Waals surface area contributed by atoms with Crippen LogP contribution < -0.4 is 0 Å². The number of aryl methyl sites for hydroxylation is 3. The van der Waals surface area contributed by atoms with Gasteiger partial charge < -0.3 is 9.97 Å². The first kappa shape index (κ1) is 21.7. The Morgan fingerprint density at radius 1 is 0.714 bits per heavy atom. The molecule has 4 rings (SSSR count). The number of aromatic nitrogens is 2. The van der Waals surface area contributed by atoms with Gasteiger partial charge in [0.05, 0.1) is 0 Å². The van der Waals surface area contributed by atoms with Crippen molar-refractivity contribution in [1.29, 1.82) is 0 Å². The normalized spacial score (nSPS) is 9.68. The quantitative estimate of drug-likeness (QED) is 0.290. The molecule has 143 valence electrons. The molecule has 3 heteroatoms. The van der Waals surface area contributed by atoms with E-state index in [4.69, 9.17) is 0 Å². The number of hydrogen-bond donors (Lipinski definition) is 0. The maximum absolute atomic E-state index is 4.41. The summed E-state index contributed by atoms with van der Waals surface area (Å²) in [6.07, 6.45) is 3.70. The molecule has 0 N–H and O–H groups in total. The van der Waals surface area contributed by atoms with Crippen molar-refractivity contribution in [3.63, 3.8) is 0 Å². The van der Waals surface area contributed by atoms with E-state index in [-0.39, 0.29) is 20.1 Å². The Labute approximate surface area is 181 Å². The summed E-state index contributed by atoms with van der Waals surface area (Å²) in [7, 11) is 0. The van der Waals surface area contributed by atoms with Crippen molar-refractivity contribution in [3.05, 3.63) is 108 Å². The van der Waals surface area contributed by atoms with E-state index in [0.29, 0.717) is 0 Å². The number of hydrogen-bond acceptors (Lipinski definition) is 2. The van der Waals surface area contributed by atoms with E-state index in [1.54, 1.807) is 6.20 Å². The standard InChI is InChI=1S/C14H14N.C11H8N.Ir/c1-10-4-6-13(7-5-10)14-8-11(2)12(3)9-15-14;1-2-6-10(7-3-1)11-8-4-5-9-12-11;/h4-6,8-9H,1-3H3;1-6,8-9H;/q2*-1;. The van der Waals surface area contributed by atoms with Gasteiger partial charge in [-0.05, 0) is 36.9 Å². The molecule has 2 heterocycles. The molecule has 0 amide bonds. The molecule has 0 saturated heterocycles. The molecule has 0 unspecified atom stereocenters. The zero-order valence-electron chi connectivity index (χ0n) is 16.2. The Balaban J connectivity index is 0.000000198. The number of pyridine rings is 2. The molecule has 0 spiro atoms. The predicted molar refractivity (Wildman–Crippen MR) is 111 cm³/mol. The molecule has 0 saturated carbocycles. The predicted octanol–water partition coefficient (Wildman–Crippen LogP) is 6.02. The van der Waals surface area contributed by atoms with Gasteiger partial charge in [0.25, 0.3) is 0 Å². The van der Waals surface area contributed by atoms with Gasteiger partial charge in [0.2, 0.25) is 0 Å². The number of nitrogens with zero attached hydrogens (tertiary/aromatic N) is 2. The molecule has 0 aliphatic heterocycles. The summed E-state index contributed by atoms with van der Waals surface area (Å²) in [6, 6.07) is 28.3. The minimum absolute atomic E-state index is 0. The van der Waals surface area contributed by atoms with Crippen LogP contribution in [-0.2, 0) is 20.1 Å². The monoisotopic (exact) mass is 543 g/mol. The molecule has 28 heavy (non-hydrogen) atoms. The second-order valence-corrected chi connectivity index (χ2v) is 6.42. The third kappa shape index (κ3) is 5.95. The second-order valence-electron chi connectivity index (χ2n) is 6.42. The maximum atomic E-state index is 4.41. The Bertz CT molecular complexity index is 944. The SMILES string of the molecule is Cc1c[c-]c(-c2cc(C)c(C)cn2)cc1.[Ir].[c-]1ccccc1-c1ccccn1. The van der Waals surface area contributed by atoms with Crippen LogP contribution in [0.5, 0.6) is 0 Å². The first-order valence-corrected chi connectivity index (χ1v) is 8.93. The third-order valence-corrected chi connectivity index (χ3v) is 4.27. The van der Waals surface area contributed by atoms with Gasteiger partial charge in [-0.15, -0.1) is 71.3 Å². The van der Waals surface area contributed by atoms with Crippen LogP contribution >= 0.6 is 0 Å². The zero-order valence-corrected chi connectivity index (χ0v) is 18.6. The molecule has 1 radical (unpaired) electrons. The van der Waals surface area contributed by atoms with Crippen LogP contribution in [0, 0.1) is 32.9 Å². The van der Waals surface area contributed by atoms with Gasteiger partial charge >= 0.3 is 0 Å². The van der Waals surface area contributed by atoms with E-state index >= 15 is 0 Å². The van der Waals surface area contributed by atoms with Crippen molar-refractivity contribution in [2.75, 3.05) is 0 Å². The summed E-state index contributed by atoms with van der Waals surface area (Å²) in [5.41, 5.74) is 7.79. The van der Waals surface area contributed by atoms with Crippen molar-refractivity contribution in [2.24, 2.45) is 0 Å². The average molecular weight is 543 g/mol. The van der Waals surface area contributed by atoms with Gasteiger partial charge in [0.1, 0.15) is 0 Å². The van der Waals surface area contributed by atoms with Crippen LogP contribution in [0.25, 0.3) is 22.5 Å². The molecule has 2 aromatic heterocycles. The topological polar surface area (TPSA) is 25.8 Å². The van der Waals surface area contributed by atoms with Gasteiger partial charge in [-0.3, -0.25) is 0 Å². The summed E-state index contributed by atoms with van der Waals surface area (Å²) >= 11 is 0. The Morgan fingerprint density at radius 3 is 2.11 bits per heavy atom. The molecule has 0 aliphatic rings. The van der Waals surface area contributed by atoms with Gasteiger partial charge in [-0.2, -0.15) is 0 Å². The van der Waals surface area contributed by atoms with Gasteiger partial charge in [-0.25, -0.2) is 0 Å². The van der Waals surface area contributed by atoms with Crippen LogP contribution in [0.3, 0.4) is 0 Å². The van der Waals surface area contributed by atoms with E-state index in [1.807, 2.05) is 54.7 Å². The summed E-state index contributed by atoms with van der Waals surface area (Å²) in [6.45, 7) is 6.24. The molecule has 0 bridgehead atoms.